The molecule has 4 rings (SSSR count). The number of aromatic nitrogens is 1. The van der Waals surface area contributed by atoms with Gasteiger partial charge in [0.25, 0.3) is 5.91 Å². The molecule has 0 saturated carbocycles. The first-order valence-electron chi connectivity index (χ1n) is 8.87. The lowest BCUT2D eigenvalue weighted by molar-refractivity contribution is 0.0621. The van der Waals surface area contributed by atoms with Gasteiger partial charge in [-0.1, -0.05) is 18.2 Å². The molecule has 5 heteroatoms. The van der Waals surface area contributed by atoms with E-state index in [1.165, 1.54) is 0 Å². The van der Waals surface area contributed by atoms with E-state index in [-0.39, 0.29) is 17.8 Å². The fourth-order valence-corrected chi connectivity index (χ4v) is 3.54. The van der Waals surface area contributed by atoms with Crippen molar-refractivity contribution in [2.24, 2.45) is 5.73 Å². The maximum absolute atomic E-state index is 12.9. The van der Waals surface area contributed by atoms with Gasteiger partial charge in [-0.2, -0.15) is 0 Å². The van der Waals surface area contributed by atoms with Crippen LogP contribution in [0.2, 0.25) is 0 Å². The van der Waals surface area contributed by atoms with Crippen molar-refractivity contribution in [3.8, 4) is 16.9 Å². The molecule has 26 heavy (non-hydrogen) atoms. The average molecular weight is 347 g/mol. The van der Waals surface area contributed by atoms with Gasteiger partial charge in [0, 0.05) is 35.5 Å². The predicted octanol–water partition coefficient (Wildman–Crippen LogP) is 3.52. The smallest absolute Gasteiger partial charge is 0.255 e. The number of hydrogen-bond donors (Lipinski definition) is 2. The Kier molecular flexibility index (Phi) is 4.31. The summed E-state index contributed by atoms with van der Waals surface area (Å²) in [5.74, 6) is 0.199. The Morgan fingerprint density at radius 1 is 1.12 bits per heavy atom. The van der Waals surface area contributed by atoms with Crippen LogP contribution in [0.15, 0.2) is 54.9 Å². The van der Waals surface area contributed by atoms with E-state index in [0.29, 0.717) is 12.1 Å². The number of piperidine rings is 1. The van der Waals surface area contributed by atoms with Gasteiger partial charge in [0.1, 0.15) is 5.75 Å². The highest BCUT2D eigenvalue weighted by molar-refractivity contribution is 6.02. The summed E-state index contributed by atoms with van der Waals surface area (Å²) in [6.45, 7) is 0.708. The van der Waals surface area contributed by atoms with Gasteiger partial charge in [-0.3, -0.25) is 9.78 Å². The topological polar surface area (TPSA) is 79.5 Å². The van der Waals surface area contributed by atoms with E-state index >= 15 is 0 Å². The number of likely N-dealkylation sites (tertiary alicyclic amines) is 1. The third kappa shape index (κ3) is 3.02. The average Bonchev–Trinajstić information content (AvgIpc) is 2.68. The van der Waals surface area contributed by atoms with Gasteiger partial charge in [-0.15, -0.1) is 0 Å². The van der Waals surface area contributed by atoms with Crippen LogP contribution < -0.4 is 5.73 Å². The van der Waals surface area contributed by atoms with Crippen molar-refractivity contribution >= 4 is 16.7 Å². The number of pyridine rings is 1. The predicted molar refractivity (Wildman–Crippen MR) is 102 cm³/mol. The van der Waals surface area contributed by atoms with Crippen LogP contribution in [-0.4, -0.2) is 33.6 Å². The molecule has 2 aromatic carbocycles. The fourth-order valence-electron chi connectivity index (χ4n) is 3.54. The van der Waals surface area contributed by atoms with Gasteiger partial charge >= 0.3 is 0 Å². The van der Waals surface area contributed by atoms with Crippen LogP contribution in [-0.2, 0) is 0 Å². The number of carbonyl (C=O) groups excluding carboxylic acids is 1. The van der Waals surface area contributed by atoms with E-state index < -0.39 is 0 Å². The zero-order valence-electron chi connectivity index (χ0n) is 14.4. The molecule has 1 aromatic heterocycles. The van der Waals surface area contributed by atoms with E-state index in [9.17, 15) is 9.90 Å². The number of nitrogens with two attached hydrogens (primary N) is 1. The van der Waals surface area contributed by atoms with Crippen molar-refractivity contribution in [3.63, 3.8) is 0 Å². The van der Waals surface area contributed by atoms with Gasteiger partial charge in [0.05, 0.1) is 6.17 Å². The van der Waals surface area contributed by atoms with Crippen LogP contribution in [0.1, 0.15) is 29.6 Å². The number of amides is 1. The minimum absolute atomic E-state index is 0.0208. The van der Waals surface area contributed by atoms with E-state index in [0.717, 1.165) is 41.2 Å². The number of phenolic OH excluding ortho intramolecular Hbond substituents is 1. The number of aromatic hydroxyl groups is 1. The molecule has 0 bridgehead atoms. The van der Waals surface area contributed by atoms with Crippen molar-refractivity contribution < 1.29 is 9.90 Å². The van der Waals surface area contributed by atoms with Crippen LogP contribution in [0.4, 0.5) is 0 Å². The van der Waals surface area contributed by atoms with E-state index in [1.807, 2.05) is 30.3 Å². The third-order valence-electron chi connectivity index (χ3n) is 5.00. The molecule has 1 saturated heterocycles. The zero-order valence-corrected chi connectivity index (χ0v) is 14.4. The summed E-state index contributed by atoms with van der Waals surface area (Å²) >= 11 is 0. The van der Waals surface area contributed by atoms with Crippen LogP contribution in [0.3, 0.4) is 0 Å². The van der Waals surface area contributed by atoms with E-state index in [2.05, 4.69) is 4.98 Å². The lowest BCUT2D eigenvalue weighted by atomic mass is 9.98. The molecule has 132 valence electrons. The zero-order chi connectivity index (χ0) is 18.1. The maximum Gasteiger partial charge on any atom is 0.255 e. The molecule has 5 nitrogen and oxygen atoms in total. The molecule has 1 aliphatic rings. The Balaban J connectivity index is 1.77. The summed E-state index contributed by atoms with van der Waals surface area (Å²) in [6.07, 6.45) is 6.29. The van der Waals surface area contributed by atoms with Crippen molar-refractivity contribution in [3.05, 3.63) is 60.4 Å². The molecule has 1 unspecified atom stereocenters. The molecular weight excluding hydrogens is 326 g/mol. The molecule has 1 fully saturated rings. The summed E-state index contributed by atoms with van der Waals surface area (Å²) < 4.78 is 0. The number of nitrogens with zero attached hydrogens (tertiary/aromatic N) is 2. The van der Waals surface area contributed by atoms with Crippen molar-refractivity contribution in [2.45, 2.75) is 25.4 Å². The number of fused-ring (bicyclic) bond motifs is 1. The van der Waals surface area contributed by atoms with Crippen LogP contribution >= 0.6 is 0 Å². The third-order valence-corrected chi connectivity index (χ3v) is 5.00. The first-order chi connectivity index (χ1) is 12.6. The molecule has 3 aromatic rings. The first-order valence-corrected chi connectivity index (χ1v) is 8.87. The summed E-state index contributed by atoms with van der Waals surface area (Å²) in [4.78, 5) is 19.0. The molecule has 3 N–H and O–H groups in total. The maximum atomic E-state index is 12.9. The number of rotatable bonds is 2. The van der Waals surface area contributed by atoms with Gasteiger partial charge in [0.2, 0.25) is 0 Å². The van der Waals surface area contributed by atoms with Crippen molar-refractivity contribution in [1.82, 2.24) is 9.88 Å². The molecule has 0 spiro atoms. The highest BCUT2D eigenvalue weighted by Crippen LogP contribution is 2.30. The molecule has 1 aliphatic heterocycles. The number of phenols is 1. The number of hydrogen-bond acceptors (Lipinski definition) is 4. The standard InChI is InChI=1S/C21H21N3O2/c22-20-3-1-2-10-24(20)21(26)15-4-5-16-12-23-13-19(18(16)11-15)14-6-8-17(25)9-7-14/h4-9,11-13,20,25H,1-3,10,22H2. The second-order valence-electron chi connectivity index (χ2n) is 6.73. The first kappa shape index (κ1) is 16.5. The minimum Gasteiger partial charge on any atom is -0.508 e. The van der Waals surface area contributed by atoms with Gasteiger partial charge in [-0.05, 0) is 54.5 Å². The molecule has 1 amide bonds. The second kappa shape index (κ2) is 6.77. The Bertz CT molecular complexity index is 953. The number of benzene rings is 2. The Hall–Kier alpha value is -2.92. The molecule has 0 aliphatic carbocycles. The Morgan fingerprint density at radius 3 is 2.69 bits per heavy atom. The molecule has 2 heterocycles. The van der Waals surface area contributed by atoms with Gasteiger partial charge in [-0.25, -0.2) is 0 Å². The molecule has 1 atom stereocenters. The van der Waals surface area contributed by atoms with Gasteiger partial charge < -0.3 is 15.7 Å². The Labute approximate surface area is 152 Å². The molecular formula is C21H21N3O2. The summed E-state index contributed by atoms with van der Waals surface area (Å²) in [6, 6.07) is 12.7. The van der Waals surface area contributed by atoms with Crippen molar-refractivity contribution in [2.75, 3.05) is 6.54 Å². The second-order valence-corrected chi connectivity index (χ2v) is 6.73. The summed E-state index contributed by atoms with van der Waals surface area (Å²) in [5.41, 5.74) is 8.65. The SMILES string of the molecule is NC1CCCCN1C(=O)c1ccc2cncc(-c3ccc(O)cc3)c2c1. The quantitative estimate of drug-likeness (QED) is 0.743. The lowest BCUT2D eigenvalue weighted by Crippen LogP contribution is -2.48. The largest absolute Gasteiger partial charge is 0.508 e. The fraction of sp³-hybridized carbons (Fsp3) is 0.238. The van der Waals surface area contributed by atoms with Crippen molar-refractivity contribution in [1.29, 1.82) is 0 Å². The van der Waals surface area contributed by atoms with Crippen LogP contribution in [0, 0.1) is 0 Å². The van der Waals surface area contributed by atoms with Crippen LogP contribution in [0.25, 0.3) is 21.9 Å². The van der Waals surface area contributed by atoms with Crippen LogP contribution in [0.5, 0.6) is 5.75 Å². The highest BCUT2D eigenvalue weighted by atomic mass is 16.3. The van der Waals surface area contributed by atoms with E-state index in [1.54, 1.807) is 29.4 Å². The molecule has 0 radical (unpaired) electrons. The summed E-state index contributed by atoms with van der Waals surface area (Å²) in [7, 11) is 0. The normalized spacial score (nSPS) is 17.4. The monoisotopic (exact) mass is 347 g/mol. The van der Waals surface area contributed by atoms with E-state index in [4.69, 9.17) is 5.73 Å². The highest BCUT2D eigenvalue weighted by Gasteiger charge is 2.24. The number of carbonyl (C=O) groups is 1. The minimum atomic E-state index is -0.207. The van der Waals surface area contributed by atoms with Gasteiger partial charge in [0.15, 0.2) is 0 Å². The lowest BCUT2D eigenvalue weighted by Gasteiger charge is -2.33. The summed E-state index contributed by atoms with van der Waals surface area (Å²) in [5, 5.41) is 11.5. The Morgan fingerprint density at radius 2 is 1.92 bits per heavy atom.